The van der Waals surface area contributed by atoms with Crippen LogP contribution in [-0.4, -0.2) is 6.54 Å². The van der Waals surface area contributed by atoms with Crippen LogP contribution >= 0.6 is 15.9 Å². The van der Waals surface area contributed by atoms with Crippen LogP contribution in [0.2, 0.25) is 0 Å². The minimum atomic E-state index is 0.860. The van der Waals surface area contributed by atoms with Crippen molar-refractivity contribution >= 4 is 21.6 Å². The summed E-state index contributed by atoms with van der Waals surface area (Å²) >= 11 is 3.65. The summed E-state index contributed by atoms with van der Waals surface area (Å²) in [6.07, 6.45) is 5.58. The van der Waals surface area contributed by atoms with E-state index in [1.165, 1.54) is 41.4 Å². The van der Waals surface area contributed by atoms with E-state index in [-0.39, 0.29) is 0 Å². The van der Waals surface area contributed by atoms with Crippen molar-refractivity contribution in [3.8, 4) is 0 Å². The Morgan fingerprint density at radius 1 is 1.24 bits per heavy atom. The summed E-state index contributed by atoms with van der Waals surface area (Å²) in [6.45, 7) is 5.63. The van der Waals surface area contributed by atoms with E-state index in [2.05, 4.69) is 53.3 Å². The van der Waals surface area contributed by atoms with Gasteiger partial charge < -0.3 is 5.32 Å². The Hall–Kier alpha value is -0.500. The molecule has 0 aromatic heterocycles. The fourth-order valence-corrected chi connectivity index (χ4v) is 2.98. The lowest BCUT2D eigenvalue weighted by atomic mass is 9.83. The number of anilines is 1. The monoisotopic (exact) mass is 295 g/mol. The second kappa shape index (κ2) is 5.90. The van der Waals surface area contributed by atoms with Gasteiger partial charge in [-0.05, 0) is 59.2 Å². The van der Waals surface area contributed by atoms with Crippen molar-refractivity contribution in [2.45, 2.75) is 39.5 Å². The normalized spacial score (nSPS) is 24.6. The van der Waals surface area contributed by atoms with Gasteiger partial charge in [0.1, 0.15) is 0 Å². The van der Waals surface area contributed by atoms with Gasteiger partial charge in [0.15, 0.2) is 0 Å². The highest BCUT2D eigenvalue weighted by atomic mass is 79.9. The zero-order valence-corrected chi connectivity index (χ0v) is 12.4. The lowest BCUT2D eigenvalue weighted by molar-refractivity contribution is 0.300. The molecule has 94 valence electrons. The summed E-state index contributed by atoms with van der Waals surface area (Å²) in [7, 11) is 0. The van der Waals surface area contributed by atoms with E-state index in [0.717, 1.165) is 18.4 Å². The van der Waals surface area contributed by atoms with Crippen molar-refractivity contribution in [1.29, 1.82) is 0 Å². The molecule has 1 aliphatic carbocycles. The molecule has 0 radical (unpaired) electrons. The van der Waals surface area contributed by atoms with Crippen molar-refractivity contribution in [3.63, 3.8) is 0 Å². The Morgan fingerprint density at radius 3 is 2.65 bits per heavy atom. The first-order chi connectivity index (χ1) is 8.16. The molecule has 1 aromatic carbocycles. The Morgan fingerprint density at radius 2 is 1.94 bits per heavy atom. The van der Waals surface area contributed by atoms with Crippen LogP contribution in [-0.2, 0) is 0 Å². The van der Waals surface area contributed by atoms with Crippen LogP contribution in [0, 0.1) is 18.8 Å². The first-order valence-corrected chi connectivity index (χ1v) is 7.45. The van der Waals surface area contributed by atoms with Crippen molar-refractivity contribution < 1.29 is 0 Å². The molecule has 0 heterocycles. The van der Waals surface area contributed by atoms with Crippen molar-refractivity contribution in [2.75, 3.05) is 11.9 Å². The molecule has 1 saturated carbocycles. The quantitative estimate of drug-likeness (QED) is 0.828. The van der Waals surface area contributed by atoms with Gasteiger partial charge in [-0.1, -0.05) is 31.9 Å². The van der Waals surface area contributed by atoms with Gasteiger partial charge in [0, 0.05) is 16.7 Å². The van der Waals surface area contributed by atoms with Gasteiger partial charge in [-0.3, -0.25) is 0 Å². The van der Waals surface area contributed by atoms with Gasteiger partial charge in [0.25, 0.3) is 0 Å². The molecule has 0 amide bonds. The number of hydrogen-bond acceptors (Lipinski definition) is 1. The summed E-state index contributed by atoms with van der Waals surface area (Å²) in [6, 6.07) is 6.41. The molecule has 1 aromatic rings. The standard InChI is InChI=1S/C15H22BrN/c1-11-6-8-13(9-7-11)10-17-14-5-3-4-12(2)15(14)16/h3-5,11,13,17H,6-10H2,1-2H3. The predicted molar refractivity (Wildman–Crippen MR) is 78.5 cm³/mol. The number of hydrogen-bond donors (Lipinski definition) is 1. The molecule has 0 unspecified atom stereocenters. The van der Waals surface area contributed by atoms with E-state index in [4.69, 9.17) is 0 Å². The summed E-state index contributed by atoms with van der Waals surface area (Å²) in [5.41, 5.74) is 2.54. The minimum Gasteiger partial charge on any atom is -0.384 e. The number of rotatable bonds is 3. The average molecular weight is 296 g/mol. The van der Waals surface area contributed by atoms with Gasteiger partial charge in [0.05, 0.1) is 0 Å². The third kappa shape index (κ3) is 3.48. The minimum absolute atomic E-state index is 0.860. The van der Waals surface area contributed by atoms with Gasteiger partial charge in [-0.25, -0.2) is 0 Å². The molecule has 2 rings (SSSR count). The molecule has 17 heavy (non-hydrogen) atoms. The second-order valence-electron chi connectivity index (χ2n) is 5.44. The van der Waals surface area contributed by atoms with E-state index in [1.54, 1.807) is 0 Å². The molecule has 1 fully saturated rings. The van der Waals surface area contributed by atoms with Gasteiger partial charge in [-0.15, -0.1) is 0 Å². The van der Waals surface area contributed by atoms with Crippen LogP contribution in [0.25, 0.3) is 0 Å². The topological polar surface area (TPSA) is 12.0 Å². The molecule has 0 spiro atoms. The van der Waals surface area contributed by atoms with Crippen molar-refractivity contribution in [2.24, 2.45) is 11.8 Å². The van der Waals surface area contributed by atoms with Crippen LogP contribution in [0.5, 0.6) is 0 Å². The third-order valence-electron chi connectivity index (χ3n) is 3.91. The van der Waals surface area contributed by atoms with Gasteiger partial charge >= 0.3 is 0 Å². The summed E-state index contributed by atoms with van der Waals surface area (Å²) in [5, 5.41) is 3.59. The van der Waals surface area contributed by atoms with E-state index >= 15 is 0 Å². The molecule has 0 aliphatic heterocycles. The predicted octanol–water partition coefficient (Wildman–Crippen LogP) is 5.00. The zero-order chi connectivity index (χ0) is 12.3. The first kappa shape index (κ1) is 12.9. The highest BCUT2D eigenvalue weighted by Gasteiger charge is 2.18. The molecular weight excluding hydrogens is 274 g/mol. The van der Waals surface area contributed by atoms with Crippen LogP contribution in [0.4, 0.5) is 5.69 Å². The molecule has 1 N–H and O–H groups in total. The summed E-state index contributed by atoms with van der Waals surface area (Å²) < 4.78 is 1.21. The van der Waals surface area contributed by atoms with Crippen molar-refractivity contribution in [1.82, 2.24) is 0 Å². The SMILES string of the molecule is Cc1cccc(NCC2CCC(C)CC2)c1Br. The van der Waals surface area contributed by atoms with Crippen LogP contribution < -0.4 is 5.32 Å². The van der Waals surface area contributed by atoms with Crippen molar-refractivity contribution in [3.05, 3.63) is 28.2 Å². The summed E-state index contributed by atoms with van der Waals surface area (Å²) in [5.74, 6) is 1.80. The van der Waals surface area contributed by atoms with Gasteiger partial charge in [0.2, 0.25) is 0 Å². The van der Waals surface area contributed by atoms with Crippen LogP contribution in [0.15, 0.2) is 22.7 Å². The molecular formula is C15H22BrN. The summed E-state index contributed by atoms with van der Waals surface area (Å²) in [4.78, 5) is 0. The Bertz CT molecular complexity index is 367. The third-order valence-corrected chi connectivity index (χ3v) is 4.96. The molecule has 1 aliphatic rings. The number of halogens is 1. The van der Waals surface area contributed by atoms with E-state index < -0.39 is 0 Å². The largest absolute Gasteiger partial charge is 0.384 e. The Labute approximate surface area is 113 Å². The fraction of sp³-hybridized carbons (Fsp3) is 0.600. The molecule has 0 saturated heterocycles. The van der Waals surface area contributed by atoms with Crippen LogP contribution in [0.1, 0.15) is 38.2 Å². The smallest absolute Gasteiger partial charge is 0.0487 e. The lowest BCUT2D eigenvalue weighted by Gasteiger charge is -2.26. The van der Waals surface area contributed by atoms with E-state index in [9.17, 15) is 0 Å². The highest BCUT2D eigenvalue weighted by molar-refractivity contribution is 9.10. The molecule has 0 bridgehead atoms. The lowest BCUT2D eigenvalue weighted by Crippen LogP contribution is -2.20. The number of nitrogens with one attached hydrogen (secondary N) is 1. The Kier molecular flexibility index (Phi) is 4.49. The number of aryl methyl sites for hydroxylation is 1. The highest BCUT2D eigenvalue weighted by Crippen LogP contribution is 2.30. The first-order valence-electron chi connectivity index (χ1n) is 6.66. The van der Waals surface area contributed by atoms with E-state index in [0.29, 0.717) is 0 Å². The fourth-order valence-electron chi connectivity index (χ4n) is 2.57. The second-order valence-corrected chi connectivity index (χ2v) is 6.24. The molecule has 2 heteroatoms. The van der Waals surface area contributed by atoms with Crippen LogP contribution in [0.3, 0.4) is 0 Å². The average Bonchev–Trinajstić information content (AvgIpc) is 2.33. The van der Waals surface area contributed by atoms with E-state index in [1.807, 2.05) is 0 Å². The molecule has 1 nitrogen and oxygen atoms in total. The zero-order valence-electron chi connectivity index (χ0n) is 10.8. The maximum atomic E-state index is 3.65. The number of benzene rings is 1. The maximum Gasteiger partial charge on any atom is 0.0487 e. The van der Waals surface area contributed by atoms with Gasteiger partial charge in [-0.2, -0.15) is 0 Å². The maximum absolute atomic E-state index is 3.65. The Balaban J connectivity index is 1.87. The molecule has 0 atom stereocenters.